The van der Waals surface area contributed by atoms with E-state index in [-0.39, 0.29) is 0 Å². The van der Waals surface area contributed by atoms with E-state index in [0.717, 1.165) is 39.3 Å². The molecule has 0 aliphatic carbocycles. The third kappa shape index (κ3) is 13.9. The van der Waals surface area contributed by atoms with Crippen LogP contribution in [0, 0.1) is 0 Å². The molecule has 0 unspecified atom stereocenters. The van der Waals surface area contributed by atoms with Crippen LogP contribution in [-0.4, -0.2) is 39.0 Å². The molecule has 0 aromatic rings. The Balaban J connectivity index is 2.88. The third-order valence-electron chi connectivity index (χ3n) is 2.25. The first-order valence-electron chi connectivity index (χ1n) is 6.67. The molecule has 0 atom stereocenters. The first-order chi connectivity index (χ1) is 7.77. The summed E-state index contributed by atoms with van der Waals surface area (Å²) in [5, 5.41) is 3.40. The normalized spacial score (nSPS) is 11.2. The average Bonchev–Trinajstić information content (AvgIpc) is 2.25. The highest BCUT2D eigenvalue weighted by molar-refractivity contribution is 4.47. The molecule has 0 rings (SSSR count). The standard InChI is InChI=1S/C13H29NO2/c1-4-8-14-9-6-5-7-10-15-11-12-16-13(2)3/h13-14H,4-12H2,1-3H3. The lowest BCUT2D eigenvalue weighted by atomic mass is 10.2. The van der Waals surface area contributed by atoms with Crippen molar-refractivity contribution in [2.24, 2.45) is 0 Å². The molecule has 1 N–H and O–H groups in total. The van der Waals surface area contributed by atoms with Crippen LogP contribution in [0.2, 0.25) is 0 Å². The van der Waals surface area contributed by atoms with E-state index in [2.05, 4.69) is 12.2 Å². The van der Waals surface area contributed by atoms with Gasteiger partial charge in [-0.25, -0.2) is 0 Å². The Hall–Kier alpha value is -0.120. The number of ether oxygens (including phenoxy) is 2. The average molecular weight is 231 g/mol. The molecule has 3 nitrogen and oxygen atoms in total. The van der Waals surface area contributed by atoms with Gasteiger partial charge >= 0.3 is 0 Å². The van der Waals surface area contributed by atoms with Gasteiger partial charge < -0.3 is 14.8 Å². The van der Waals surface area contributed by atoms with E-state index in [1.54, 1.807) is 0 Å². The Bertz CT molecular complexity index is 129. The van der Waals surface area contributed by atoms with E-state index in [0.29, 0.717) is 6.10 Å². The molecule has 0 amide bonds. The maximum Gasteiger partial charge on any atom is 0.0703 e. The fourth-order valence-corrected chi connectivity index (χ4v) is 1.38. The van der Waals surface area contributed by atoms with Crippen LogP contribution in [0.1, 0.15) is 46.5 Å². The lowest BCUT2D eigenvalue weighted by molar-refractivity contribution is 0.0187. The number of hydrogen-bond donors (Lipinski definition) is 1. The zero-order valence-corrected chi connectivity index (χ0v) is 11.3. The van der Waals surface area contributed by atoms with Crippen LogP contribution in [0.3, 0.4) is 0 Å². The summed E-state index contributed by atoms with van der Waals surface area (Å²) in [4.78, 5) is 0. The van der Waals surface area contributed by atoms with Crippen molar-refractivity contribution in [3.63, 3.8) is 0 Å². The molecule has 0 spiro atoms. The Morgan fingerprint density at radius 2 is 1.75 bits per heavy atom. The molecular weight excluding hydrogens is 202 g/mol. The minimum atomic E-state index is 0.313. The Kier molecular flexibility index (Phi) is 12.9. The Morgan fingerprint density at radius 3 is 2.44 bits per heavy atom. The molecule has 0 aliphatic heterocycles. The van der Waals surface area contributed by atoms with Gasteiger partial charge in [0, 0.05) is 6.61 Å². The topological polar surface area (TPSA) is 30.5 Å². The molecule has 0 fully saturated rings. The monoisotopic (exact) mass is 231 g/mol. The second kappa shape index (κ2) is 12.9. The first kappa shape index (κ1) is 15.9. The summed E-state index contributed by atoms with van der Waals surface area (Å²) in [5.74, 6) is 0. The fraction of sp³-hybridized carbons (Fsp3) is 1.00. The third-order valence-corrected chi connectivity index (χ3v) is 2.25. The van der Waals surface area contributed by atoms with Crippen molar-refractivity contribution in [2.75, 3.05) is 32.9 Å². The van der Waals surface area contributed by atoms with E-state index in [4.69, 9.17) is 9.47 Å². The molecule has 3 heteroatoms. The van der Waals surface area contributed by atoms with Gasteiger partial charge in [-0.3, -0.25) is 0 Å². The molecular formula is C13H29NO2. The molecule has 0 saturated heterocycles. The highest BCUT2D eigenvalue weighted by Gasteiger charge is 1.93. The number of nitrogens with one attached hydrogen (secondary N) is 1. The van der Waals surface area contributed by atoms with Crippen molar-refractivity contribution in [2.45, 2.75) is 52.6 Å². The van der Waals surface area contributed by atoms with Crippen LogP contribution in [-0.2, 0) is 9.47 Å². The van der Waals surface area contributed by atoms with E-state index in [9.17, 15) is 0 Å². The Morgan fingerprint density at radius 1 is 0.938 bits per heavy atom. The minimum absolute atomic E-state index is 0.313. The molecule has 0 bridgehead atoms. The zero-order valence-electron chi connectivity index (χ0n) is 11.3. The predicted molar refractivity (Wildman–Crippen MR) is 68.9 cm³/mol. The van der Waals surface area contributed by atoms with Gasteiger partial charge in [-0.05, 0) is 52.6 Å². The van der Waals surface area contributed by atoms with Gasteiger partial charge in [-0.2, -0.15) is 0 Å². The van der Waals surface area contributed by atoms with Crippen molar-refractivity contribution in [1.82, 2.24) is 5.32 Å². The van der Waals surface area contributed by atoms with E-state index < -0.39 is 0 Å². The number of hydrogen-bond acceptors (Lipinski definition) is 3. The highest BCUT2D eigenvalue weighted by Crippen LogP contribution is 1.95. The summed E-state index contributed by atoms with van der Waals surface area (Å²) in [6, 6.07) is 0. The Labute approximate surface area is 101 Å². The second-order valence-electron chi connectivity index (χ2n) is 4.34. The van der Waals surface area contributed by atoms with Crippen molar-refractivity contribution in [1.29, 1.82) is 0 Å². The van der Waals surface area contributed by atoms with Crippen LogP contribution in [0.15, 0.2) is 0 Å². The molecule has 0 saturated carbocycles. The molecule has 0 heterocycles. The van der Waals surface area contributed by atoms with Crippen molar-refractivity contribution >= 4 is 0 Å². The smallest absolute Gasteiger partial charge is 0.0703 e. The maximum absolute atomic E-state index is 5.47. The first-order valence-corrected chi connectivity index (χ1v) is 6.67. The lowest BCUT2D eigenvalue weighted by Crippen LogP contribution is -2.16. The minimum Gasteiger partial charge on any atom is -0.379 e. The SMILES string of the molecule is CCCNCCCCCOCCOC(C)C. The van der Waals surface area contributed by atoms with Gasteiger partial charge in [0.25, 0.3) is 0 Å². The van der Waals surface area contributed by atoms with Gasteiger partial charge in [0.15, 0.2) is 0 Å². The summed E-state index contributed by atoms with van der Waals surface area (Å²) < 4.78 is 10.8. The van der Waals surface area contributed by atoms with E-state index in [1.807, 2.05) is 13.8 Å². The van der Waals surface area contributed by atoms with Crippen LogP contribution in [0.25, 0.3) is 0 Å². The molecule has 98 valence electrons. The second-order valence-corrected chi connectivity index (χ2v) is 4.34. The van der Waals surface area contributed by atoms with Gasteiger partial charge in [-0.15, -0.1) is 0 Å². The summed E-state index contributed by atoms with van der Waals surface area (Å²) in [6.45, 7) is 10.9. The van der Waals surface area contributed by atoms with Crippen LogP contribution in [0.5, 0.6) is 0 Å². The summed E-state index contributed by atoms with van der Waals surface area (Å²) >= 11 is 0. The largest absolute Gasteiger partial charge is 0.379 e. The van der Waals surface area contributed by atoms with Gasteiger partial charge in [0.1, 0.15) is 0 Å². The van der Waals surface area contributed by atoms with Crippen molar-refractivity contribution in [3.05, 3.63) is 0 Å². The van der Waals surface area contributed by atoms with Crippen LogP contribution < -0.4 is 5.32 Å². The van der Waals surface area contributed by atoms with Gasteiger partial charge in [0.2, 0.25) is 0 Å². The fourth-order valence-electron chi connectivity index (χ4n) is 1.38. The van der Waals surface area contributed by atoms with Gasteiger partial charge in [0.05, 0.1) is 19.3 Å². The zero-order chi connectivity index (χ0) is 12.1. The highest BCUT2D eigenvalue weighted by atomic mass is 16.5. The molecule has 0 aromatic carbocycles. The molecule has 0 aromatic heterocycles. The maximum atomic E-state index is 5.47. The quantitative estimate of drug-likeness (QED) is 0.524. The van der Waals surface area contributed by atoms with Crippen molar-refractivity contribution in [3.8, 4) is 0 Å². The number of unbranched alkanes of at least 4 members (excludes halogenated alkanes) is 2. The number of rotatable bonds is 12. The molecule has 0 radical (unpaired) electrons. The summed E-state index contributed by atoms with van der Waals surface area (Å²) in [6.07, 6.45) is 5.20. The van der Waals surface area contributed by atoms with Crippen LogP contribution >= 0.6 is 0 Å². The summed E-state index contributed by atoms with van der Waals surface area (Å²) in [7, 11) is 0. The van der Waals surface area contributed by atoms with Gasteiger partial charge in [-0.1, -0.05) is 6.92 Å². The predicted octanol–water partition coefficient (Wildman–Crippen LogP) is 2.60. The van der Waals surface area contributed by atoms with Crippen molar-refractivity contribution < 1.29 is 9.47 Å². The van der Waals surface area contributed by atoms with E-state index in [1.165, 1.54) is 19.3 Å². The lowest BCUT2D eigenvalue weighted by Gasteiger charge is -2.08. The van der Waals surface area contributed by atoms with E-state index >= 15 is 0 Å². The summed E-state index contributed by atoms with van der Waals surface area (Å²) in [5.41, 5.74) is 0. The molecule has 16 heavy (non-hydrogen) atoms. The molecule has 0 aliphatic rings. The van der Waals surface area contributed by atoms with Crippen LogP contribution in [0.4, 0.5) is 0 Å².